The van der Waals surface area contributed by atoms with Gasteiger partial charge in [-0.2, -0.15) is 0 Å². The summed E-state index contributed by atoms with van der Waals surface area (Å²) in [5, 5.41) is 9.16. The monoisotopic (exact) mass is 418 g/mol. The second kappa shape index (κ2) is 7.71. The molecule has 0 bridgehead atoms. The van der Waals surface area contributed by atoms with Gasteiger partial charge in [-0.25, -0.2) is 0 Å². The van der Waals surface area contributed by atoms with Gasteiger partial charge < -0.3 is 10.5 Å². The molecule has 0 spiro atoms. The van der Waals surface area contributed by atoms with Crippen molar-refractivity contribution < 1.29 is 9.53 Å². The Morgan fingerprint density at radius 1 is 1.20 bits per heavy atom. The number of amides is 1. The molecule has 3 aromatic rings. The van der Waals surface area contributed by atoms with Crippen molar-refractivity contribution >= 4 is 33.6 Å². The normalized spacial score (nSPS) is 10.6. The molecule has 1 heterocycles. The van der Waals surface area contributed by atoms with Crippen LogP contribution < -0.4 is 10.5 Å². The second-order valence-electron chi connectivity index (χ2n) is 5.07. The summed E-state index contributed by atoms with van der Waals surface area (Å²) < 4.78 is 8.02. The van der Waals surface area contributed by atoms with Crippen molar-refractivity contribution in [1.29, 1.82) is 0 Å². The van der Waals surface area contributed by atoms with Crippen molar-refractivity contribution in [3.63, 3.8) is 0 Å². The van der Waals surface area contributed by atoms with E-state index >= 15 is 0 Å². The van der Waals surface area contributed by atoms with Crippen LogP contribution in [0.2, 0.25) is 0 Å². The number of nitrogens with two attached hydrogens (primary N) is 1. The molecule has 0 fully saturated rings. The van der Waals surface area contributed by atoms with Crippen LogP contribution in [0, 0.1) is 0 Å². The number of primary amides is 1. The van der Waals surface area contributed by atoms with Gasteiger partial charge in [-0.15, -0.1) is 10.2 Å². The zero-order chi connectivity index (χ0) is 17.8. The summed E-state index contributed by atoms with van der Waals surface area (Å²) in [4.78, 5) is 11.2. The van der Waals surface area contributed by atoms with Crippen LogP contribution in [0.25, 0.3) is 17.1 Å². The number of halogens is 1. The number of benzene rings is 2. The Bertz CT molecular complexity index is 896. The van der Waals surface area contributed by atoms with E-state index in [2.05, 4.69) is 26.1 Å². The van der Waals surface area contributed by atoms with Gasteiger partial charge in [-0.3, -0.25) is 9.36 Å². The van der Waals surface area contributed by atoms with Crippen molar-refractivity contribution in [2.24, 2.45) is 5.73 Å². The molecule has 3 rings (SSSR count). The average Bonchev–Trinajstić information content (AvgIpc) is 3.04. The number of carbonyl (C=O) groups is 1. The molecule has 1 amide bonds. The van der Waals surface area contributed by atoms with E-state index < -0.39 is 5.91 Å². The van der Waals surface area contributed by atoms with Gasteiger partial charge in [0.05, 0.1) is 12.9 Å². The second-order valence-corrected chi connectivity index (χ2v) is 6.87. The lowest BCUT2D eigenvalue weighted by molar-refractivity contribution is -0.115. The minimum absolute atomic E-state index is 0.129. The Balaban J connectivity index is 2.12. The van der Waals surface area contributed by atoms with Crippen LogP contribution in [0.5, 0.6) is 5.75 Å². The molecular formula is C17H15BrN4O2S. The Kier molecular flexibility index (Phi) is 5.40. The zero-order valence-electron chi connectivity index (χ0n) is 13.3. The molecule has 0 saturated carbocycles. The van der Waals surface area contributed by atoms with E-state index in [-0.39, 0.29) is 5.75 Å². The first kappa shape index (κ1) is 17.5. The van der Waals surface area contributed by atoms with Crippen LogP contribution in [-0.2, 0) is 4.79 Å². The largest absolute Gasteiger partial charge is 0.497 e. The minimum atomic E-state index is -0.406. The van der Waals surface area contributed by atoms with E-state index in [9.17, 15) is 4.79 Å². The Morgan fingerprint density at radius 2 is 1.92 bits per heavy atom. The highest BCUT2D eigenvalue weighted by Crippen LogP contribution is 2.32. The third kappa shape index (κ3) is 3.85. The summed E-state index contributed by atoms with van der Waals surface area (Å²) in [5.74, 6) is 1.15. The summed E-state index contributed by atoms with van der Waals surface area (Å²) in [6, 6.07) is 15.3. The van der Waals surface area contributed by atoms with Crippen LogP contribution >= 0.6 is 27.7 Å². The number of hydrogen-bond acceptors (Lipinski definition) is 5. The van der Waals surface area contributed by atoms with Crippen LogP contribution in [0.4, 0.5) is 0 Å². The van der Waals surface area contributed by atoms with Gasteiger partial charge in [-0.1, -0.05) is 45.9 Å². The van der Waals surface area contributed by atoms with Crippen LogP contribution in [0.15, 0.2) is 58.2 Å². The summed E-state index contributed by atoms with van der Waals surface area (Å²) in [5.41, 5.74) is 7.03. The maximum absolute atomic E-state index is 11.2. The highest BCUT2D eigenvalue weighted by Gasteiger charge is 2.18. The maximum atomic E-state index is 11.2. The number of ether oxygens (including phenoxy) is 1. The van der Waals surface area contributed by atoms with Gasteiger partial charge in [0.2, 0.25) is 5.91 Å². The molecule has 0 saturated heterocycles. The number of hydrogen-bond donors (Lipinski definition) is 1. The molecule has 1 aromatic heterocycles. The SMILES string of the molecule is COc1ccc(-n2c(SCC(N)=O)nnc2-c2ccccc2Br)cc1. The van der Waals surface area contributed by atoms with Crippen molar-refractivity contribution in [2.45, 2.75) is 5.16 Å². The molecule has 0 atom stereocenters. The van der Waals surface area contributed by atoms with E-state index in [1.807, 2.05) is 53.1 Å². The van der Waals surface area contributed by atoms with E-state index in [1.165, 1.54) is 11.8 Å². The Morgan fingerprint density at radius 3 is 2.56 bits per heavy atom. The van der Waals surface area contributed by atoms with E-state index in [0.717, 1.165) is 21.5 Å². The van der Waals surface area contributed by atoms with Crippen LogP contribution in [0.1, 0.15) is 0 Å². The fourth-order valence-corrected chi connectivity index (χ4v) is 3.43. The summed E-state index contributed by atoms with van der Waals surface area (Å²) in [7, 11) is 1.62. The fourth-order valence-electron chi connectivity index (χ4n) is 2.28. The quantitative estimate of drug-likeness (QED) is 0.620. The maximum Gasteiger partial charge on any atom is 0.227 e. The summed E-state index contributed by atoms with van der Waals surface area (Å²) >= 11 is 4.80. The number of thioether (sulfide) groups is 1. The fraction of sp³-hybridized carbons (Fsp3) is 0.118. The third-order valence-electron chi connectivity index (χ3n) is 3.42. The predicted octanol–water partition coefficient (Wildman–Crippen LogP) is 3.28. The zero-order valence-corrected chi connectivity index (χ0v) is 15.8. The standard InChI is InChI=1S/C17H15BrN4O2S/c1-24-12-8-6-11(7-9-12)22-16(13-4-2-3-5-14(13)18)20-21-17(22)25-10-15(19)23/h2-9H,10H2,1H3,(H2,19,23). The molecule has 0 unspecified atom stereocenters. The van der Waals surface area contributed by atoms with Gasteiger partial charge in [0.1, 0.15) is 5.75 Å². The molecular weight excluding hydrogens is 404 g/mol. The highest BCUT2D eigenvalue weighted by molar-refractivity contribution is 9.10. The first-order valence-electron chi connectivity index (χ1n) is 7.36. The Labute approximate surface area is 157 Å². The van der Waals surface area contributed by atoms with E-state index in [0.29, 0.717) is 11.0 Å². The van der Waals surface area contributed by atoms with Crippen LogP contribution in [0.3, 0.4) is 0 Å². The van der Waals surface area contributed by atoms with E-state index in [4.69, 9.17) is 10.5 Å². The first-order chi connectivity index (χ1) is 12.1. The molecule has 128 valence electrons. The van der Waals surface area contributed by atoms with Gasteiger partial charge in [0.15, 0.2) is 11.0 Å². The Hall–Kier alpha value is -2.32. The van der Waals surface area contributed by atoms with Crippen molar-refractivity contribution in [2.75, 3.05) is 12.9 Å². The van der Waals surface area contributed by atoms with Crippen molar-refractivity contribution in [1.82, 2.24) is 14.8 Å². The molecule has 2 aromatic carbocycles. The third-order valence-corrected chi connectivity index (χ3v) is 5.07. The summed E-state index contributed by atoms with van der Waals surface area (Å²) in [6.45, 7) is 0. The lowest BCUT2D eigenvalue weighted by atomic mass is 10.2. The van der Waals surface area contributed by atoms with Crippen molar-refractivity contribution in [3.8, 4) is 22.8 Å². The number of nitrogens with zero attached hydrogens (tertiary/aromatic N) is 3. The molecule has 0 radical (unpaired) electrons. The molecule has 0 aliphatic heterocycles. The van der Waals surface area contributed by atoms with Gasteiger partial charge in [0.25, 0.3) is 0 Å². The smallest absolute Gasteiger partial charge is 0.227 e. The number of carbonyl (C=O) groups excluding carboxylic acids is 1. The minimum Gasteiger partial charge on any atom is -0.497 e. The topological polar surface area (TPSA) is 83.0 Å². The lowest BCUT2D eigenvalue weighted by Gasteiger charge is -2.11. The summed E-state index contributed by atoms with van der Waals surface area (Å²) in [6.07, 6.45) is 0. The van der Waals surface area contributed by atoms with Crippen molar-refractivity contribution in [3.05, 3.63) is 53.0 Å². The van der Waals surface area contributed by atoms with Gasteiger partial charge in [-0.05, 0) is 30.3 Å². The molecule has 0 aliphatic carbocycles. The number of methoxy groups -OCH3 is 1. The van der Waals surface area contributed by atoms with Crippen LogP contribution in [-0.4, -0.2) is 33.5 Å². The predicted molar refractivity (Wildman–Crippen MR) is 101 cm³/mol. The average molecular weight is 419 g/mol. The molecule has 25 heavy (non-hydrogen) atoms. The number of rotatable bonds is 6. The first-order valence-corrected chi connectivity index (χ1v) is 9.14. The number of aromatic nitrogens is 3. The molecule has 2 N–H and O–H groups in total. The van der Waals surface area contributed by atoms with E-state index in [1.54, 1.807) is 7.11 Å². The molecule has 8 heteroatoms. The molecule has 0 aliphatic rings. The lowest BCUT2D eigenvalue weighted by Crippen LogP contribution is -2.13. The van der Waals surface area contributed by atoms with Gasteiger partial charge >= 0.3 is 0 Å². The molecule has 6 nitrogen and oxygen atoms in total. The highest BCUT2D eigenvalue weighted by atomic mass is 79.9. The van der Waals surface area contributed by atoms with Gasteiger partial charge in [0, 0.05) is 15.7 Å².